The van der Waals surface area contributed by atoms with E-state index in [0.29, 0.717) is 10.9 Å². The van der Waals surface area contributed by atoms with Crippen LogP contribution in [-0.2, 0) is 19.3 Å². The third-order valence-electron chi connectivity index (χ3n) is 4.56. The van der Waals surface area contributed by atoms with Gasteiger partial charge in [-0.1, -0.05) is 0 Å². The number of rotatable bonds is 6. The Labute approximate surface area is 225 Å². The summed E-state index contributed by atoms with van der Waals surface area (Å²) in [7, 11) is -4.84. The summed E-state index contributed by atoms with van der Waals surface area (Å²) in [5.41, 5.74) is 0.323. The fourth-order valence-corrected chi connectivity index (χ4v) is 3.47. The van der Waals surface area contributed by atoms with Gasteiger partial charge in [0.25, 0.3) is 0 Å². The third kappa shape index (κ3) is 6.80. The van der Waals surface area contributed by atoms with Gasteiger partial charge in [-0.15, -0.1) is 0 Å². The van der Waals surface area contributed by atoms with Crippen molar-refractivity contribution in [3.8, 4) is 5.75 Å². The summed E-state index contributed by atoms with van der Waals surface area (Å²) in [6.07, 6.45) is -6.28. The van der Waals surface area contributed by atoms with Crippen LogP contribution >= 0.6 is 0 Å². The minimum absolute atomic E-state index is 0. The number of benzene rings is 1. The molecule has 2 heterocycles. The minimum atomic E-state index is -4.84. The van der Waals surface area contributed by atoms with Crippen LogP contribution in [-0.4, -0.2) is 66.3 Å². The summed E-state index contributed by atoms with van der Waals surface area (Å²) in [6, 6.07) is 4.48. The van der Waals surface area contributed by atoms with Crippen molar-refractivity contribution in [2.24, 2.45) is 4.99 Å². The predicted octanol–water partition coefficient (Wildman–Crippen LogP) is -4.10. The summed E-state index contributed by atoms with van der Waals surface area (Å²) in [6.45, 7) is 2.01. The quantitative estimate of drug-likeness (QED) is 0.116. The van der Waals surface area contributed by atoms with Crippen LogP contribution < -0.4 is 66.9 Å². The van der Waals surface area contributed by atoms with Gasteiger partial charge in [0.1, 0.15) is 35.7 Å². The molecule has 2 aromatic rings. The standard InChI is InChI=1S/C18H21NO11S.K/c1-8-5-14(21)29-12-6-10(3-4-11(8)12)28-18-15(19-9(2)20)17(23)16(22)13(30-18)7-27-31(24,25)26;/h3-6,13,15-18,22-23H,7H2,1-2H3,(H,19,20)(H,24,25,26);/q;+1/p-1. The van der Waals surface area contributed by atoms with Crippen molar-refractivity contribution in [2.45, 2.75) is 44.5 Å². The molecule has 1 aromatic heterocycles. The van der Waals surface area contributed by atoms with E-state index in [1.54, 1.807) is 13.0 Å². The summed E-state index contributed by atoms with van der Waals surface area (Å²) in [5.74, 6) is -0.561. The Kier molecular flexibility index (Phi) is 9.40. The number of hydrogen-bond acceptors (Lipinski definition) is 11. The van der Waals surface area contributed by atoms with Gasteiger partial charge in [-0.2, -0.15) is 8.42 Å². The first-order valence-corrected chi connectivity index (χ1v) is 10.4. The largest absolute Gasteiger partial charge is 1.00 e. The second-order valence-corrected chi connectivity index (χ2v) is 7.99. The first kappa shape index (κ1) is 27.3. The van der Waals surface area contributed by atoms with Crippen LogP contribution in [0.3, 0.4) is 0 Å². The van der Waals surface area contributed by atoms with E-state index in [0.717, 1.165) is 6.92 Å². The van der Waals surface area contributed by atoms with Crippen LogP contribution in [0.15, 0.2) is 38.5 Å². The molecule has 32 heavy (non-hydrogen) atoms. The maximum absolute atomic E-state index is 11.6. The van der Waals surface area contributed by atoms with Crippen molar-refractivity contribution in [3.05, 3.63) is 40.2 Å². The van der Waals surface area contributed by atoms with E-state index in [-0.39, 0.29) is 62.7 Å². The van der Waals surface area contributed by atoms with E-state index in [1.165, 1.54) is 18.2 Å². The topological polar surface area (TPSA) is 188 Å². The molecule has 5 atom stereocenters. The molecule has 0 aliphatic carbocycles. The monoisotopic (exact) mass is 497 g/mol. The van der Waals surface area contributed by atoms with Gasteiger partial charge in [-0.05, 0) is 37.4 Å². The number of aryl methyl sites for hydroxylation is 1. The van der Waals surface area contributed by atoms with Gasteiger partial charge in [0, 0.05) is 17.5 Å². The van der Waals surface area contributed by atoms with Gasteiger partial charge in [-0.25, -0.2) is 8.98 Å². The van der Waals surface area contributed by atoms with Gasteiger partial charge in [0.05, 0.1) is 6.61 Å². The van der Waals surface area contributed by atoms with Crippen LogP contribution in [0.1, 0.15) is 12.5 Å². The Bertz CT molecular complexity index is 1150. The molecule has 3 N–H and O–H groups in total. The van der Waals surface area contributed by atoms with Crippen molar-refractivity contribution in [1.29, 1.82) is 0 Å². The molecule has 5 unspecified atom stereocenters. The minimum Gasteiger partial charge on any atom is -0.862 e. The van der Waals surface area contributed by atoms with Crippen LogP contribution in [0.5, 0.6) is 5.75 Å². The van der Waals surface area contributed by atoms with Gasteiger partial charge in [0.2, 0.25) is 6.29 Å². The van der Waals surface area contributed by atoms with Crippen LogP contribution in [0.4, 0.5) is 0 Å². The Balaban J connectivity index is 0.00000363. The molecule has 3 rings (SSSR count). The first-order valence-electron chi connectivity index (χ1n) is 9.00. The number of aliphatic hydroxyl groups excluding tert-OH is 2. The zero-order valence-corrected chi connectivity index (χ0v) is 21.3. The molecule has 1 aliphatic heterocycles. The average molecular weight is 498 g/mol. The third-order valence-corrected chi connectivity index (χ3v) is 4.99. The molecule has 1 aromatic carbocycles. The number of aliphatic imine (C=N–C) groups is 1. The molecule has 14 heteroatoms. The second-order valence-electron chi connectivity index (χ2n) is 6.90. The number of aliphatic hydroxyl groups is 2. The SMILES string of the molecule is CC([O-])=NC1C(Oc2ccc3c(C)cc(=O)oc3c2)OC(COS(=O)(=O)O)C(O)C1O.[K+]. The molecular weight excluding hydrogens is 477 g/mol. The zero-order valence-electron chi connectivity index (χ0n) is 17.4. The Morgan fingerprint density at radius 2 is 1.94 bits per heavy atom. The summed E-state index contributed by atoms with van der Waals surface area (Å²) in [5, 5.41) is 32.7. The van der Waals surface area contributed by atoms with Crippen molar-refractivity contribution in [1.82, 2.24) is 0 Å². The van der Waals surface area contributed by atoms with Gasteiger partial charge >= 0.3 is 67.4 Å². The van der Waals surface area contributed by atoms with Crippen LogP contribution in [0.25, 0.3) is 11.0 Å². The fraction of sp³-hybridized carbons (Fsp3) is 0.444. The van der Waals surface area contributed by atoms with Crippen LogP contribution in [0.2, 0.25) is 0 Å². The first-order chi connectivity index (χ1) is 14.4. The van der Waals surface area contributed by atoms with E-state index in [4.69, 9.17) is 18.4 Å². The molecule has 0 amide bonds. The normalized spacial score (nSPS) is 26.5. The van der Waals surface area contributed by atoms with E-state index in [2.05, 4.69) is 9.18 Å². The average Bonchev–Trinajstić information content (AvgIpc) is 2.65. The van der Waals surface area contributed by atoms with E-state index in [1.807, 2.05) is 0 Å². The maximum atomic E-state index is 11.6. The smallest absolute Gasteiger partial charge is 0.862 e. The van der Waals surface area contributed by atoms with E-state index < -0.39 is 59.2 Å². The summed E-state index contributed by atoms with van der Waals surface area (Å²) >= 11 is 0. The van der Waals surface area contributed by atoms with E-state index in [9.17, 15) is 28.5 Å². The summed E-state index contributed by atoms with van der Waals surface area (Å²) in [4.78, 5) is 15.3. The number of ether oxygens (including phenoxy) is 2. The Morgan fingerprint density at radius 1 is 1.25 bits per heavy atom. The van der Waals surface area contributed by atoms with Crippen LogP contribution in [0, 0.1) is 6.92 Å². The van der Waals surface area contributed by atoms with Crippen molar-refractivity contribution >= 4 is 27.3 Å². The van der Waals surface area contributed by atoms with Gasteiger partial charge < -0.3 is 29.2 Å². The molecule has 1 saturated heterocycles. The molecule has 0 spiro atoms. The zero-order chi connectivity index (χ0) is 22.9. The molecule has 0 saturated carbocycles. The molecule has 12 nitrogen and oxygen atoms in total. The molecular formula is C18H20KNO11S. The van der Waals surface area contributed by atoms with Crippen molar-refractivity contribution in [2.75, 3.05) is 6.61 Å². The fourth-order valence-electron chi connectivity index (χ4n) is 3.16. The van der Waals surface area contributed by atoms with E-state index >= 15 is 0 Å². The molecule has 0 bridgehead atoms. The van der Waals surface area contributed by atoms with Gasteiger partial charge in [0.15, 0.2) is 0 Å². The van der Waals surface area contributed by atoms with Gasteiger partial charge in [-0.3, -0.25) is 9.55 Å². The Hall–Kier alpha value is -0.914. The summed E-state index contributed by atoms with van der Waals surface area (Å²) < 4.78 is 50.9. The number of hydrogen-bond donors (Lipinski definition) is 3. The number of nitrogens with zero attached hydrogens (tertiary/aromatic N) is 1. The Morgan fingerprint density at radius 3 is 2.56 bits per heavy atom. The molecule has 0 radical (unpaired) electrons. The predicted molar refractivity (Wildman–Crippen MR) is 103 cm³/mol. The second kappa shape index (κ2) is 11.0. The molecule has 170 valence electrons. The number of fused-ring (bicyclic) bond motifs is 1. The molecule has 1 fully saturated rings. The maximum Gasteiger partial charge on any atom is 1.00 e. The van der Waals surface area contributed by atoms with Crippen molar-refractivity contribution < 1.29 is 97.7 Å². The molecule has 1 aliphatic rings. The van der Waals surface area contributed by atoms with Crippen molar-refractivity contribution in [3.63, 3.8) is 0 Å².